The number of hydrogen-bond acceptors (Lipinski definition) is 7. The van der Waals surface area contributed by atoms with Crippen molar-refractivity contribution in [3.8, 4) is 5.75 Å². The highest BCUT2D eigenvalue weighted by Gasteiger charge is 2.20. The topological polar surface area (TPSA) is 108 Å². The summed E-state index contributed by atoms with van der Waals surface area (Å²) < 4.78 is 7.83. The number of carbonyl (C=O) groups excluding carboxylic acids is 1. The van der Waals surface area contributed by atoms with Gasteiger partial charge in [-0.1, -0.05) is 44.7 Å². The molecule has 1 N–H and O–H groups in total. The number of para-hydroxylation sites is 2. The van der Waals surface area contributed by atoms with Crippen molar-refractivity contribution >= 4 is 34.4 Å². The Balaban J connectivity index is 2.02. The summed E-state index contributed by atoms with van der Waals surface area (Å²) >= 11 is 1.15. The lowest BCUT2D eigenvalue weighted by molar-refractivity contribution is -0.113. The summed E-state index contributed by atoms with van der Waals surface area (Å²) in [6, 6.07) is 7.12. The Morgan fingerprint density at radius 1 is 1.22 bits per heavy atom. The van der Waals surface area contributed by atoms with E-state index in [4.69, 9.17) is 4.74 Å². The molecule has 0 aliphatic heterocycles. The van der Waals surface area contributed by atoms with E-state index in [1.165, 1.54) is 18.7 Å². The Morgan fingerprint density at radius 3 is 2.59 bits per heavy atom. The average Bonchev–Trinajstić information content (AvgIpc) is 2.78. The zero-order valence-corrected chi connectivity index (χ0v) is 19.7. The van der Waals surface area contributed by atoms with E-state index in [1.807, 2.05) is 26.8 Å². The van der Waals surface area contributed by atoms with Crippen LogP contribution in [0.2, 0.25) is 0 Å². The van der Waals surface area contributed by atoms with Crippen LogP contribution in [0.1, 0.15) is 38.9 Å². The van der Waals surface area contributed by atoms with Gasteiger partial charge in [0.15, 0.2) is 5.65 Å². The molecule has 2 aromatic heterocycles. The molecule has 0 fully saturated rings. The quantitative estimate of drug-likeness (QED) is 0.409. The molecule has 10 heteroatoms. The number of amides is 1. The van der Waals surface area contributed by atoms with Crippen LogP contribution in [0.4, 0.5) is 5.69 Å². The van der Waals surface area contributed by atoms with Crippen molar-refractivity contribution in [2.75, 3.05) is 18.2 Å². The normalized spacial score (nSPS) is 11.2. The molecule has 32 heavy (non-hydrogen) atoms. The molecule has 3 rings (SSSR count). The molecular formula is C22H27N5O4S. The fourth-order valence-corrected chi connectivity index (χ4v) is 4.03. The summed E-state index contributed by atoms with van der Waals surface area (Å²) in [6.45, 7) is 6.25. The third-order valence-corrected chi connectivity index (χ3v) is 5.83. The fourth-order valence-electron chi connectivity index (χ4n) is 3.21. The number of methoxy groups -OCH3 is 1. The van der Waals surface area contributed by atoms with Gasteiger partial charge in [-0.2, -0.15) is 0 Å². The summed E-state index contributed by atoms with van der Waals surface area (Å²) in [5, 5.41) is 3.46. The number of aryl methyl sites for hydroxylation is 1. The largest absolute Gasteiger partial charge is 0.495 e. The summed E-state index contributed by atoms with van der Waals surface area (Å²) in [7, 11) is 2.97. The zero-order chi connectivity index (χ0) is 23.4. The molecule has 0 spiro atoms. The van der Waals surface area contributed by atoms with Gasteiger partial charge in [0.1, 0.15) is 22.0 Å². The lowest BCUT2D eigenvalue weighted by Gasteiger charge is -2.15. The van der Waals surface area contributed by atoms with Crippen LogP contribution in [0.15, 0.2) is 38.9 Å². The Bertz CT molecular complexity index is 1270. The van der Waals surface area contributed by atoms with Gasteiger partial charge in [0.05, 0.1) is 18.6 Å². The molecule has 0 aliphatic carbocycles. The number of benzene rings is 1. The van der Waals surface area contributed by atoms with Gasteiger partial charge in [0, 0.05) is 19.5 Å². The summed E-state index contributed by atoms with van der Waals surface area (Å²) in [4.78, 5) is 47.4. The highest BCUT2D eigenvalue weighted by molar-refractivity contribution is 8.00. The molecule has 0 atom stereocenters. The van der Waals surface area contributed by atoms with Gasteiger partial charge in [-0.05, 0) is 18.6 Å². The minimum Gasteiger partial charge on any atom is -0.495 e. The first-order chi connectivity index (χ1) is 15.3. The molecule has 1 aromatic carbocycles. The Labute approximate surface area is 189 Å². The van der Waals surface area contributed by atoms with E-state index in [2.05, 4.69) is 15.3 Å². The van der Waals surface area contributed by atoms with E-state index in [0.717, 1.165) is 16.3 Å². The van der Waals surface area contributed by atoms with Crippen LogP contribution >= 0.6 is 11.8 Å². The molecule has 0 bridgehead atoms. The number of aromatic nitrogens is 4. The molecule has 3 aromatic rings. The fraction of sp³-hybridized carbons (Fsp3) is 0.409. The molecule has 0 aliphatic rings. The number of nitrogens with zero attached hydrogens (tertiary/aromatic N) is 4. The van der Waals surface area contributed by atoms with Crippen molar-refractivity contribution in [3.63, 3.8) is 0 Å². The smallest absolute Gasteiger partial charge is 0.332 e. The monoisotopic (exact) mass is 457 g/mol. The highest BCUT2D eigenvalue weighted by Crippen LogP contribution is 2.26. The minimum atomic E-state index is -0.472. The number of fused-ring (bicyclic) bond motifs is 1. The lowest BCUT2D eigenvalue weighted by Crippen LogP contribution is -2.39. The number of anilines is 1. The maximum absolute atomic E-state index is 13.0. The van der Waals surface area contributed by atoms with E-state index in [9.17, 15) is 14.4 Å². The third-order valence-electron chi connectivity index (χ3n) is 4.85. The molecule has 0 saturated heterocycles. The molecule has 170 valence electrons. The van der Waals surface area contributed by atoms with Gasteiger partial charge in [0.2, 0.25) is 5.91 Å². The number of hydrogen-bond donors (Lipinski definition) is 1. The summed E-state index contributed by atoms with van der Waals surface area (Å²) in [5.74, 6) is 0.810. The second-order valence-electron chi connectivity index (χ2n) is 7.58. The molecular weight excluding hydrogens is 430 g/mol. The Morgan fingerprint density at radius 2 is 1.94 bits per heavy atom. The second-order valence-corrected chi connectivity index (χ2v) is 8.54. The standard InChI is InChI=1S/C22H27N5O4S/c1-6-11-27-19-17(21(29)26(4)22(27)30)20(25-18(24-19)13(2)3)32-12-16(28)23-14-9-7-8-10-15(14)31-5/h7-10,13H,6,11-12H2,1-5H3,(H,23,28). The van der Waals surface area contributed by atoms with Gasteiger partial charge >= 0.3 is 5.69 Å². The molecule has 0 radical (unpaired) electrons. The van der Waals surface area contributed by atoms with Crippen molar-refractivity contribution in [3.05, 3.63) is 50.9 Å². The van der Waals surface area contributed by atoms with Gasteiger partial charge < -0.3 is 10.1 Å². The maximum atomic E-state index is 13.0. The molecule has 0 saturated carbocycles. The number of ether oxygens (including phenoxy) is 1. The van der Waals surface area contributed by atoms with Gasteiger partial charge in [0.25, 0.3) is 5.56 Å². The van der Waals surface area contributed by atoms with Gasteiger partial charge in [-0.3, -0.25) is 18.7 Å². The van der Waals surface area contributed by atoms with E-state index in [-0.39, 0.29) is 23.0 Å². The number of thioether (sulfide) groups is 1. The average molecular weight is 458 g/mol. The number of carbonyl (C=O) groups is 1. The van der Waals surface area contributed by atoms with E-state index in [1.54, 1.807) is 18.2 Å². The van der Waals surface area contributed by atoms with Crippen LogP contribution in [0.25, 0.3) is 11.0 Å². The summed E-state index contributed by atoms with van der Waals surface area (Å²) in [5.41, 5.74) is -0.0158. The van der Waals surface area contributed by atoms with Crippen molar-refractivity contribution in [2.45, 2.75) is 44.7 Å². The van der Waals surface area contributed by atoms with Gasteiger partial charge in [-0.15, -0.1) is 0 Å². The third kappa shape index (κ3) is 4.69. The van der Waals surface area contributed by atoms with E-state index in [0.29, 0.717) is 40.9 Å². The van der Waals surface area contributed by atoms with Crippen LogP contribution in [-0.4, -0.2) is 37.9 Å². The van der Waals surface area contributed by atoms with Crippen molar-refractivity contribution < 1.29 is 9.53 Å². The summed E-state index contributed by atoms with van der Waals surface area (Å²) in [6.07, 6.45) is 0.706. The number of rotatable bonds is 8. The van der Waals surface area contributed by atoms with Crippen molar-refractivity contribution in [1.29, 1.82) is 0 Å². The van der Waals surface area contributed by atoms with E-state index >= 15 is 0 Å². The van der Waals surface area contributed by atoms with Crippen LogP contribution < -0.4 is 21.3 Å². The first-order valence-electron chi connectivity index (χ1n) is 10.4. The van der Waals surface area contributed by atoms with Gasteiger partial charge in [-0.25, -0.2) is 14.8 Å². The van der Waals surface area contributed by atoms with E-state index < -0.39 is 11.2 Å². The predicted octanol–water partition coefficient (Wildman–Crippen LogP) is 2.76. The second kappa shape index (κ2) is 9.99. The Hall–Kier alpha value is -3.14. The minimum absolute atomic E-state index is 0.0182. The first-order valence-corrected chi connectivity index (χ1v) is 11.3. The molecule has 1 amide bonds. The SMILES string of the molecule is CCCn1c(=O)n(C)c(=O)c2c(SCC(=O)Nc3ccccc3OC)nc(C(C)C)nc21. The zero-order valence-electron chi connectivity index (χ0n) is 18.8. The molecule has 0 unspecified atom stereocenters. The Kier molecular flexibility index (Phi) is 7.34. The predicted molar refractivity (Wildman–Crippen MR) is 126 cm³/mol. The maximum Gasteiger partial charge on any atom is 0.332 e. The van der Waals surface area contributed by atoms with Crippen LogP contribution in [-0.2, 0) is 18.4 Å². The molecule has 2 heterocycles. The van der Waals surface area contributed by atoms with Crippen LogP contribution in [0.5, 0.6) is 5.75 Å². The lowest BCUT2D eigenvalue weighted by atomic mass is 10.2. The molecule has 9 nitrogen and oxygen atoms in total. The van der Waals surface area contributed by atoms with Crippen molar-refractivity contribution in [2.24, 2.45) is 7.05 Å². The first kappa shape index (κ1) is 23.5. The highest BCUT2D eigenvalue weighted by atomic mass is 32.2. The van der Waals surface area contributed by atoms with Crippen LogP contribution in [0.3, 0.4) is 0 Å². The van der Waals surface area contributed by atoms with Crippen molar-refractivity contribution in [1.82, 2.24) is 19.1 Å². The number of nitrogens with one attached hydrogen (secondary N) is 1. The van der Waals surface area contributed by atoms with Crippen LogP contribution in [0, 0.1) is 0 Å².